The lowest BCUT2D eigenvalue weighted by molar-refractivity contribution is -0.384. The molecule has 1 amide bonds. The van der Waals surface area contributed by atoms with E-state index in [1.54, 1.807) is 23.1 Å². The molecule has 9 heteroatoms. The van der Waals surface area contributed by atoms with Crippen LogP contribution >= 0.6 is 11.6 Å². The topological polar surface area (TPSA) is 88.8 Å². The van der Waals surface area contributed by atoms with Crippen molar-refractivity contribution in [1.29, 1.82) is 0 Å². The van der Waals surface area contributed by atoms with Gasteiger partial charge in [-0.25, -0.2) is 4.98 Å². The van der Waals surface area contributed by atoms with Crippen molar-refractivity contribution in [3.8, 4) is 5.88 Å². The molecule has 3 rings (SSSR count). The second-order valence-corrected chi connectivity index (χ2v) is 7.58. The van der Waals surface area contributed by atoms with Crippen molar-refractivity contribution in [2.45, 2.75) is 26.5 Å². The Bertz CT molecular complexity index is 898. The third-order valence-corrected chi connectivity index (χ3v) is 4.86. The Morgan fingerprint density at radius 2 is 2.00 bits per heavy atom. The van der Waals surface area contributed by atoms with Gasteiger partial charge in [0.25, 0.3) is 11.6 Å². The van der Waals surface area contributed by atoms with E-state index in [1.807, 2.05) is 19.9 Å². The van der Waals surface area contributed by atoms with Gasteiger partial charge in [-0.05, 0) is 25.5 Å². The number of nitro benzene ring substituents is 1. The van der Waals surface area contributed by atoms with Crippen LogP contribution in [-0.2, 0) is 6.54 Å². The van der Waals surface area contributed by atoms with Gasteiger partial charge in [0.05, 0.1) is 16.6 Å². The molecule has 0 aliphatic carbocycles. The number of carbonyl (C=O) groups excluding carboxylic acids is 1. The zero-order chi connectivity index (χ0) is 21.0. The van der Waals surface area contributed by atoms with Gasteiger partial charge in [0.2, 0.25) is 5.88 Å². The summed E-state index contributed by atoms with van der Waals surface area (Å²) >= 11 is 6.19. The van der Waals surface area contributed by atoms with Gasteiger partial charge in [-0.2, -0.15) is 0 Å². The lowest BCUT2D eigenvalue weighted by Gasteiger charge is -2.34. The van der Waals surface area contributed by atoms with E-state index in [-0.39, 0.29) is 17.7 Å². The minimum absolute atomic E-state index is 0.0549. The van der Waals surface area contributed by atoms with Crippen LogP contribution in [-0.4, -0.2) is 57.9 Å². The fourth-order valence-electron chi connectivity index (χ4n) is 3.17. The Balaban J connectivity index is 1.57. The normalized spacial score (nSPS) is 14.8. The van der Waals surface area contributed by atoms with Crippen molar-refractivity contribution in [1.82, 2.24) is 14.8 Å². The van der Waals surface area contributed by atoms with Crippen LogP contribution in [0.1, 0.15) is 29.8 Å². The number of benzene rings is 1. The Labute approximate surface area is 174 Å². The second kappa shape index (κ2) is 9.19. The maximum absolute atomic E-state index is 12.8. The zero-order valence-electron chi connectivity index (χ0n) is 16.4. The molecule has 0 N–H and O–H groups in total. The molecule has 0 saturated carbocycles. The molecule has 1 aliphatic heterocycles. The van der Waals surface area contributed by atoms with Crippen LogP contribution in [0.25, 0.3) is 0 Å². The van der Waals surface area contributed by atoms with Crippen LogP contribution in [0.15, 0.2) is 36.5 Å². The predicted molar refractivity (Wildman–Crippen MR) is 109 cm³/mol. The maximum Gasteiger partial charge on any atom is 0.269 e. The van der Waals surface area contributed by atoms with Crippen molar-refractivity contribution < 1.29 is 14.5 Å². The minimum Gasteiger partial charge on any atom is -0.474 e. The van der Waals surface area contributed by atoms with E-state index in [4.69, 9.17) is 16.3 Å². The SMILES string of the molecule is CC(C)Oc1ncc(C(=O)N2CCN(Cc3cccc([N+](=O)[O-])c3)CC2)cc1Cl. The number of pyridine rings is 1. The third-order valence-electron chi connectivity index (χ3n) is 4.59. The molecule has 154 valence electrons. The van der Waals surface area contributed by atoms with Crippen molar-refractivity contribution in [3.05, 3.63) is 62.8 Å². The Morgan fingerprint density at radius 1 is 1.28 bits per heavy atom. The summed E-state index contributed by atoms with van der Waals surface area (Å²) in [5.41, 5.74) is 1.40. The van der Waals surface area contributed by atoms with E-state index in [0.29, 0.717) is 49.2 Å². The number of amides is 1. The first-order chi connectivity index (χ1) is 13.8. The van der Waals surface area contributed by atoms with Gasteiger partial charge >= 0.3 is 0 Å². The largest absolute Gasteiger partial charge is 0.474 e. The number of hydrogen-bond acceptors (Lipinski definition) is 6. The Kier molecular flexibility index (Phi) is 6.66. The smallest absolute Gasteiger partial charge is 0.269 e. The summed E-state index contributed by atoms with van der Waals surface area (Å²) in [7, 11) is 0. The van der Waals surface area contributed by atoms with Crippen LogP contribution in [0.2, 0.25) is 5.02 Å². The molecule has 0 unspecified atom stereocenters. The third kappa shape index (κ3) is 5.42. The van der Waals surface area contributed by atoms with E-state index in [1.165, 1.54) is 12.3 Å². The van der Waals surface area contributed by atoms with Gasteiger partial charge < -0.3 is 9.64 Å². The highest BCUT2D eigenvalue weighted by Crippen LogP contribution is 2.24. The molecule has 1 aliphatic rings. The molecule has 0 atom stereocenters. The van der Waals surface area contributed by atoms with E-state index in [2.05, 4.69) is 9.88 Å². The standard InChI is InChI=1S/C20H23ClN4O4/c1-14(2)29-19-18(21)11-16(12-22-19)20(26)24-8-6-23(7-9-24)13-15-4-3-5-17(10-15)25(27)28/h3-5,10-12,14H,6-9,13H2,1-2H3. The number of aromatic nitrogens is 1. The summed E-state index contributed by atoms with van der Waals surface area (Å²) < 4.78 is 5.50. The molecule has 1 fully saturated rings. The summed E-state index contributed by atoms with van der Waals surface area (Å²) in [6.45, 7) is 6.87. The highest BCUT2D eigenvalue weighted by atomic mass is 35.5. The molecule has 1 aromatic heterocycles. The number of hydrogen-bond donors (Lipinski definition) is 0. The number of ether oxygens (including phenoxy) is 1. The summed E-state index contributed by atoms with van der Waals surface area (Å²) in [5, 5.41) is 11.2. The number of halogens is 1. The fourth-order valence-corrected chi connectivity index (χ4v) is 3.38. The number of rotatable bonds is 6. The lowest BCUT2D eigenvalue weighted by Crippen LogP contribution is -2.48. The molecule has 2 heterocycles. The molecule has 8 nitrogen and oxygen atoms in total. The molecule has 0 bridgehead atoms. The first-order valence-electron chi connectivity index (χ1n) is 9.40. The number of carbonyl (C=O) groups is 1. The molecular weight excluding hydrogens is 396 g/mol. The quantitative estimate of drug-likeness (QED) is 0.527. The van der Waals surface area contributed by atoms with E-state index < -0.39 is 4.92 Å². The molecule has 2 aromatic rings. The van der Waals surface area contributed by atoms with Crippen LogP contribution < -0.4 is 4.74 Å². The summed E-state index contributed by atoms with van der Waals surface area (Å²) in [5.74, 6) is 0.200. The van der Waals surface area contributed by atoms with Crippen LogP contribution in [0.5, 0.6) is 5.88 Å². The van der Waals surface area contributed by atoms with Crippen molar-refractivity contribution in [3.63, 3.8) is 0 Å². The second-order valence-electron chi connectivity index (χ2n) is 7.17. The lowest BCUT2D eigenvalue weighted by atomic mass is 10.1. The van der Waals surface area contributed by atoms with Crippen LogP contribution in [0.4, 0.5) is 5.69 Å². The first kappa shape index (κ1) is 21.0. The molecule has 0 spiro atoms. The van der Waals surface area contributed by atoms with Crippen molar-refractivity contribution >= 4 is 23.2 Å². The maximum atomic E-state index is 12.8. The van der Waals surface area contributed by atoms with Crippen molar-refractivity contribution in [2.75, 3.05) is 26.2 Å². The van der Waals surface area contributed by atoms with E-state index in [9.17, 15) is 14.9 Å². The predicted octanol–water partition coefficient (Wildman–Crippen LogP) is 3.39. The fraction of sp³-hybridized carbons (Fsp3) is 0.400. The highest BCUT2D eigenvalue weighted by Gasteiger charge is 2.23. The Hall–Kier alpha value is -2.71. The monoisotopic (exact) mass is 418 g/mol. The average molecular weight is 419 g/mol. The molecule has 0 radical (unpaired) electrons. The number of nitrogens with zero attached hydrogens (tertiary/aromatic N) is 4. The van der Waals surface area contributed by atoms with Gasteiger partial charge in [0.15, 0.2) is 0 Å². The Morgan fingerprint density at radius 3 is 2.62 bits per heavy atom. The van der Waals surface area contributed by atoms with Gasteiger partial charge in [-0.1, -0.05) is 23.7 Å². The molecule has 1 aromatic carbocycles. The van der Waals surface area contributed by atoms with Gasteiger partial charge in [-0.15, -0.1) is 0 Å². The number of non-ortho nitro benzene ring substituents is 1. The molecule has 29 heavy (non-hydrogen) atoms. The van der Waals surface area contributed by atoms with Gasteiger partial charge in [0.1, 0.15) is 5.02 Å². The van der Waals surface area contributed by atoms with E-state index in [0.717, 1.165) is 5.56 Å². The van der Waals surface area contributed by atoms with Crippen LogP contribution in [0, 0.1) is 10.1 Å². The average Bonchev–Trinajstić information content (AvgIpc) is 2.69. The van der Waals surface area contributed by atoms with E-state index >= 15 is 0 Å². The van der Waals surface area contributed by atoms with Gasteiger partial charge in [-0.3, -0.25) is 19.8 Å². The number of piperazine rings is 1. The van der Waals surface area contributed by atoms with Crippen molar-refractivity contribution in [2.24, 2.45) is 0 Å². The van der Waals surface area contributed by atoms with Crippen LogP contribution in [0.3, 0.4) is 0 Å². The molecular formula is C20H23ClN4O4. The minimum atomic E-state index is -0.392. The number of nitro groups is 1. The summed E-state index contributed by atoms with van der Waals surface area (Å²) in [4.78, 5) is 31.4. The zero-order valence-corrected chi connectivity index (χ0v) is 17.1. The highest BCUT2D eigenvalue weighted by molar-refractivity contribution is 6.32. The van der Waals surface area contributed by atoms with Gasteiger partial charge in [0, 0.05) is 51.1 Å². The molecule has 1 saturated heterocycles. The first-order valence-corrected chi connectivity index (χ1v) is 9.78. The summed E-state index contributed by atoms with van der Waals surface area (Å²) in [6.07, 6.45) is 1.43. The summed E-state index contributed by atoms with van der Waals surface area (Å²) in [6, 6.07) is 8.22.